The molecule has 4 rings (SSSR count). The Bertz CT molecular complexity index is 816. The van der Waals surface area contributed by atoms with Crippen molar-refractivity contribution in [2.75, 3.05) is 37.7 Å². The molecule has 1 unspecified atom stereocenters. The fraction of sp³-hybridized carbons (Fsp3) is 0.409. The summed E-state index contributed by atoms with van der Waals surface area (Å²) in [6, 6.07) is 14.4. The lowest BCUT2D eigenvalue weighted by Gasteiger charge is -2.34. The van der Waals surface area contributed by atoms with Gasteiger partial charge in [0.1, 0.15) is 6.10 Å². The van der Waals surface area contributed by atoms with Crippen LogP contribution < -0.4 is 4.90 Å². The van der Waals surface area contributed by atoms with Crippen molar-refractivity contribution >= 4 is 27.5 Å². The van der Waals surface area contributed by atoms with Crippen molar-refractivity contribution in [2.45, 2.75) is 25.9 Å². The van der Waals surface area contributed by atoms with Crippen LogP contribution in [0.25, 0.3) is 0 Å². The standard InChI is InChI=1S/C22H25BrN2O2/c1-16-4-9-20(24-10-2-3-11-24)19(14-16)22(26)25-12-13-27-21(15-25)17-5-7-18(23)8-6-17/h4-9,14,21H,2-3,10-13,15H2,1H3. The molecule has 27 heavy (non-hydrogen) atoms. The molecule has 0 spiro atoms. The number of carbonyl (C=O) groups excluding carboxylic acids is 1. The van der Waals surface area contributed by atoms with Crippen molar-refractivity contribution in [3.63, 3.8) is 0 Å². The van der Waals surface area contributed by atoms with E-state index in [1.54, 1.807) is 0 Å². The fourth-order valence-electron chi connectivity index (χ4n) is 3.94. The highest BCUT2D eigenvalue weighted by atomic mass is 79.9. The van der Waals surface area contributed by atoms with Gasteiger partial charge in [0.2, 0.25) is 0 Å². The second-order valence-electron chi connectivity index (χ2n) is 7.38. The summed E-state index contributed by atoms with van der Waals surface area (Å²) in [5.41, 5.74) is 4.14. The summed E-state index contributed by atoms with van der Waals surface area (Å²) in [4.78, 5) is 17.7. The van der Waals surface area contributed by atoms with Crippen molar-refractivity contribution in [3.05, 3.63) is 63.6 Å². The van der Waals surface area contributed by atoms with Gasteiger partial charge in [-0.05, 0) is 49.6 Å². The minimum absolute atomic E-state index is 0.0733. The van der Waals surface area contributed by atoms with Crippen LogP contribution >= 0.6 is 15.9 Å². The number of aryl methyl sites for hydroxylation is 1. The van der Waals surface area contributed by atoms with E-state index in [9.17, 15) is 4.79 Å². The molecule has 5 heteroatoms. The van der Waals surface area contributed by atoms with Gasteiger partial charge in [0.15, 0.2) is 0 Å². The molecule has 0 saturated carbocycles. The summed E-state index contributed by atoms with van der Waals surface area (Å²) in [6.07, 6.45) is 2.32. The molecule has 0 aliphatic carbocycles. The Morgan fingerprint density at radius 1 is 1.07 bits per heavy atom. The quantitative estimate of drug-likeness (QED) is 0.717. The van der Waals surface area contributed by atoms with Gasteiger partial charge in [-0.15, -0.1) is 0 Å². The summed E-state index contributed by atoms with van der Waals surface area (Å²) in [7, 11) is 0. The first-order valence-electron chi connectivity index (χ1n) is 9.64. The second-order valence-corrected chi connectivity index (χ2v) is 8.29. The Morgan fingerprint density at radius 3 is 2.56 bits per heavy atom. The number of benzene rings is 2. The maximum Gasteiger partial charge on any atom is 0.256 e. The molecule has 2 aliphatic rings. The number of carbonyl (C=O) groups is 1. The van der Waals surface area contributed by atoms with E-state index >= 15 is 0 Å². The Balaban J connectivity index is 1.57. The molecule has 2 heterocycles. The van der Waals surface area contributed by atoms with Crippen LogP contribution in [0.15, 0.2) is 46.9 Å². The van der Waals surface area contributed by atoms with E-state index in [1.807, 2.05) is 23.1 Å². The Labute approximate surface area is 169 Å². The van der Waals surface area contributed by atoms with Gasteiger partial charge in [-0.3, -0.25) is 4.79 Å². The van der Waals surface area contributed by atoms with E-state index in [4.69, 9.17) is 4.74 Å². The van der Waals surface area contributed by atoms with Gasteiger partial charge in [-0.2, -0.15) is 0 Å². The average molecular weight is 429 g/mol. The van der Waals surface area contributed by atoms with Crippen LogP contribution in [-0.2, 0) is 4.74 Å². The lowest BCUT2D eigenvalue weighted by Crippen LogP contribution is -2.42. The second kappa shape index (κ2) is 8.03. The topological polar surface area (TPSA) is 32.8 Å². The Hall–Kier alpha value is -1.85. The van der Waals surface area contributed by atoms with Gasteiger partial charge in [-0.25, -0.2) is 0 Å². The van der Waals surface area contributed by atoms with E-state index < -0.39 is 0 Å². The average Bonchev–Trinajstić information content (AvgIpc) is 3.22. The van der Waals surface area contributed by atoms with Crippen molar-refractivity contribution < 1.29 is 9.53 Å². The number of amides is 1. The predicted octanol–water partition coefficient (Wildman–Crippen LogP) is 4.57. The first-order valence-corrected chi connectivity index (χ1v) is 10.4. The zero-order chi connectivity index (χ0) is 18.8. The molecule has 0 aromatic heterocycles. The van der Waals surface area contributed by atoms with Crippen LogP contribution in [0.1, 0.15) is 40.4 Å². The van der Waals surface area contributed by atoms with E-state index in [-0.39, 0.29) is 12.0 Å². The van der Waals surface area contributed by atoms with Crippen LogP contribution in [0.4, 0.5) is 5.69 Å². The van der Waals surface area contributed by atoms with Gasteiger partial charge in [0.05, 0.1) is 18.7 Å². The first-order chi connectivity index (χ1) is 13.1. The first kappa shape index (κ1) is 18.5. The zero-order valence-electron chi connectivity index (χ0n) is 15.7. The van der Waals surface area contributed by atoms with Crippen molar-refractivity contribution in [1.29, 1.82) is 0 Å². The van der Waals surface area contributed by atoms with Crippen molar-refractivity contribution in [1.82, 2.24) is 4.90 Å². The number of morpholine rings is 1. The monoisotopic (exact) mass is 428 g/mol. The summed E-state index contributed by atoms with van der Waals surface area (Å²) >= 11 is 3.47. The van der Waals surface area contributed by atoms with Gasteiger partial charge in [0.25, 0.3) is 5.91 Å². The molecule has 1 amide bonds. The summed E-state index contributed by atoms with van der Waals surface area (Å²) < 4.78 is 7.00. The normalized spacial score (nSPS) is 20.1. The number of nitrogens with zero attached hydrogens (tertiary/aromatic N) is 2. The van der Waals surface area contributed by atoms with Gasteiger partial charge in [0, 0.05) is 29.8 Å². The Kier molecular flexibility index (Phi) is 5.50. The lowest BCUT2D eigenvalue weighted by molar-refractivity contribution is -0.0228. The molecular formula is C22H25BrN2O2. The van der Waals surface area contributed by atoms with Crippen LogP contribution in [0.2, 0.25) is 0 Å². The summed E-state index contributed by atoms with van der Waals surface area (Å²) in [5.74, 6) is 0.117. The molecule has 0 N–H and O–H groups in total. The number of hydrogen-bond donors (Lipinski definition) is 0. The van der Waals surface area contributed by atoms with Crippen LogP contribution in [0.5, 0.6) is 0 Å². The van der Waals surface area contributed by atoms with E-state index in [0.29, 0.717) is 19.7 Å². The predicted molar refractivity (Wildman–Crippen MR) is 111 cm³/mol. The van der Waals surface area contributed by atoms with Gasteiger partial charge in [-0.1, -0.05) is 39.7 Å². The maximum absolute atomic E-state index is 13.4. The number of ether oxygens (including phenoxy) is 1. The van der Waals surface area contributed by atoms with E-state index in [0.717, 1.165) is 39.9 Å². The molecule has 0 bridgehead atoms. The third-order valence-corrected chi connectivity index (χ3v) is 5.95. The molecule has 2 aliphatic heterocycles. The molecule has 0 radical (unpaired) electrons. The molecule has 2 fully saturated rings. The third-order valence-electron chi connectivity index (χ3n) is 5.42. The SMILES string of the molecule is Cc1ccc(N2CCCC2)c(C(=O)N2CCOC(c3ccc(Br)cc3)C2)c1. The molecule has 142 valence electrons. The minimum atomic E-state index is -0.0733. The third kappa shape index (κ3) is 4.04. The molecular weight excluding hydrogens is 404 g/mol. The van der Waals surface area contributed by atoms with Crippen LogP contribution in [0.3, 0.4) is 0 Å². The minimum Gasteiger partial charge on any atom is -0.371 e. The van der Waals surface area contributed by atoms with E-state index in [2.05, 4.69) is 52.0 Å². The zero-order valence-corrected chi connectivity index (χ0v) is 17.2. The Morgan fingerprint density at radius 2 is 1.81 bits per heavy atom. The highest BCUT2D eigenvalue weighted by molar-refractivity contribution is 9.10. The van der Waals surface area contributed by atoms with Crippen molar-refractivity contribution in [2.24, 2.45) is 0 Å². The lowest BCUT2D eigenvalue weighted by atomic mass is 10.0. The number of halogens is 1. The smallest absolute Gasteiger partial charge is 0.256 e. The van der Waals surface area contributed by atoms with E-state index in [1.165, 1.54) is 12.8 Å². The van der Waals surface area contributed by atoms with Gasteiger partial charge >= 0.3 is 0 Å². The molecule has 2 aromatic carbocycles. The molecule has 4 nitrogen and oxygen atoms in total. The molecule has 1 atom stereocenters. The highest BCUT2D eigenvalue weighted by Crippen LogP contribution is 2.29. The molecule has 2 aromatic rings. The highest BCUT2D eigenvalue weighted by Gasteiger charge is 2.29. The molecule has 2 saturated heterocycles. The summed E-state index contributed by atoms with van der Waals surface area (Å²) in [5, 5.41) is 0. The number of rotatable bonds is 3. The number of anilines is 1. The number of hydrogen-bond acceptors (Lipinski definition) is 3. The largest absolute Gasteiger partial charge is 0.371 e. The fourth-order valence-corrected chi connectivity index (χ4v) is 4.20. The van der Waals surface area contributed by atoms with Crippen LogP contribution in [-0.4, -0.2) is 43.6 Å². The summed E-state index contributed by atoms with van der Waals surface area (Å²) in [6.45, 7) is 5.92. The van der Waals surface area contributed by atoms with Gasteiger partial charge < -0.3 is 14.5 Å². The van der Waals surface area contributed by atoms with Crippen LogP contribution in [0, 0.1) is 6.92 Å². The van der Waals surface area contributed by atoms with Crippen molar-refractivity contribution in [3.8, 4) is 0 Å². The maximum atomic E-state index is 13.4.